The Labute approximate surface area is 84.7 Å². The predicted molar refractivity (Wildman–Crippen MR) is 56.2 cm³/mol. The lowest BCUT2D eigenvalue weighted by atomic mass is 10.3. The molecule has 71 valence electrons. The number of ether oxygens (including phenoxy) is 1. The van der Waals surface area contributed by atoms with Crippen molar-refractivity contribution < 1.29 is 4.74 Å². The highest BCUT2D eigenvalue weighted by atomic mass is 35.5. The van der Waals surface area contributed by atoms with E-state index in [4.69, 9.17) is 16.3 Å². The van der Waals surface area contributed by atoms with Crippen LogP contribution < -0.4 is 4.74 Å². The van der Waals surface area contributed by atoms with E-state index in [0.29, 0.717) is 0 Å². The highest BCUT2D eigenvalue weighted by Gasteiger charge is 1.92. The average molecular weight is 198 g/mol. The van der Waals surface area contributed by atoms with E-state index in [9.17, 15) is 0 Å². The molecule has 0 spiro atoms. The number of unbranched alkanes of at least 4 members (excludes halogenated alkanes) is 2. The number of hydrogen-bond acceptors (Lipinski definition) is 1. The molecule has 0 fully saturated rings. The molecule has 0 N–H and O–H groups in total. The Morgan fingerprint density at radius 3 is 2.46 bits per heavy atom. The van der Waals surface area contributed by atoms with Crippen LogP contribution in [0.2, 0.25) is 5.02 Å². The van der Waals surface area contributed by atoms with E-state index >= 15 is 0 Å². The smallest absolute Gasteiger partial charge is 0.119 e. The lowest BCUT2D eigenvalue weighted by Crippen LogP contribution is -1.96. The first-order chi connectivity index (χ1) is 6.33. The fourth-order valence-electron chi connectivity index (χ4n) is 1.000. The number of hydrogen-bond donors (Lipinski definition) is 0. The number of benzene rings is 1. The first-order valence-electron chi connectivity index (χ1n) is 4.50. The molecule has 0 atom stereocenters. The second-order valence-electron chi connectivity index (χ2n) is 2.86. The van der Waals surface area contributed by atoms with Crippen molar-refractivity contribution in [2.75, 3.05) is 6.61 Å². The van der Waals surface area contributed by atoms with Gasteiger partial charge in [0.05, 0.1) is 6.61 Å². The van der Waals surface area contributed by atoms with Gasteiger partial charge in [-0.2, -0.15) is 0 Å². The third-order valence-electron chi connectivity index (χ3n) is 1.73. The van der Waals surface area contributed by atoms with Crippen molar-refractivity contribution in [1.29, 1.82) is 0 Å². The fourth-order valence-corrected chi connectivity index (χ4v) is 1.13. The Morgan fingerprint density at radius 1 is 1.15 bits per heavy atom. The molecule has 2 heteroatoms. The zero-order valence-corrected chi connectivity index (χ0v) is 8.39. The summed E-state index contributed by atoms with van der Waals surface area (Å²) in [4.78, 5) is 0. The molecule has 1 aromatic carbocycles. The molecule has 0 bridgehead atoms. The van der Waals surface area contributed by atoms with Crippen molar-refractivity contribution in [1.82, 2.24) is 0 Å². The predicted octanol–water partition coefficient (Wildman–Crippen LogP) is 3.72. The summed E-state index contributed by atoms with van der Waals surface area (Å²) in [6, 6.07) is 7.43. The minimum absolute atomic E-state index is 0.741. The maximum atomic E-state index is 5.73. The third kappa shape index (κ3) is 4.18. The summed E-state index contributed by atoms with van der Waals surface area (Å²) in [6.45, 7) is 4.53. The van der Waals surface area contributed by atoms with E-state index in [2.05, 4.69) is 6.92 Å². The molecule has 0 aliphatic rings. The first-order valence-corrected chi connectivity index (χ1v) is 4.88. The highest BCUT2D eigenvalue weighted by molar-refractivity contribution is 6.30. The first kappa shape index (κ1) is 10.4. The molecule has 0 aromatic heterocycles. The molecule has 0 unspecified atom stereocenters. The van der Waals surface area contributed by atoms with Crippen LogP contribution in [0.25, 0.3) is 0 Å². The van der Waals surface area contributed by atoms with Gasteiger partial charge in [0.25, 0.3) is 0 Å². The van der Waals surface area contributed by atoms with Gasteiger partial charge in [-0.1, -0.05) is 31.4 Å². The van der Waals surface area contributed by atoms with Crippen molar-refractivity contribution in [3.63, 3.8) is 0 Å². The molecule has 0 saturated heterocycles. The zero-order valence-electron chi connectivity index (χ0n) is 7.63. The summed E-state index contributed by atoms with van der Waals surface area (Å²) in [5, 5.41) is 0.741. The van der Waals surface area contributed by atoms with Gasteiger partial charge in [0, 0.05) is 5.02 Å². The van der Waals surface area contributed by atoms with Crippen molar-refractivity contribution in [2.24, 2.45) is 0 Å². The van der Waals surface area contributed by atoms with E-state index in [-0.39, 0.29) is 0 Å². The molecule has 0 heterocycles. The van der Waals surface area contributed by atoms with Crippen molar-refractivity contribution in [3.05, 3.63) is 36.2 Å². The van der Waals surface area contributed by atoms with Crippen LogP contribution in [0.1, 0.15) is 19.3 Å². The summed E-state index contributed by atoms with van der Waals surface area (Å²) >= 11 is 5.73. The summed E-state index contributed by atoms with van der Waals surface area (Å²) in [6.07, 6.45) is 3.16. The minimum Gasteiger partial charge on any atom is -0.494 e. The van der Waals surface area contributed by atoms with Crippen LogP contribution in [-0.4, -0.2) is 6.61 Å². The Bertz CT molecular complexity index is 230. The maximum absolute atomic E-state index is 5.73. The minimum atomic E-state index is 0.741. The average Bonchev–Trinajstić information content (AvgIpc) is 2.15. The van der Waals surface area contributed by atoms with Gasteiger partial charge >= 0.3 is 0 Å². The monoisotopic (exact) mass is 197 g/mol. The molecule has 0 saturated carbocycles. The molecule has 1 radical (unpaired) electrons. The molecule has 1 rings (SSSR count). The van der Waals surface area contributed by atoms with Gasteiger partial charge in [0.1, 0.15) is 5.75 Å². The fraction of sp³-hybridized carbons (Fsp3) is 0.364. The van der Waals surface area contributed by atoms with E-state index in [1.165, 1.54) is 0 Å². The summed E-state index contributed by atoms with van der Waals surface area (Å²) in [5.41, 5.74) is 0. The molecular weight excluding hydrogens is 184 g/mol. The van der Waals surface area contributed by atoms with Gasteiger partial charge in [-0.3, -0.25) is 0 Å². The van der Waals surface area contributed by atoms with Crippen LogP contribution in [0.3, 0.4) is 0 Å². The topological polar surface area (TPSA) is 9.23 Å². The molecular formula is C11H14ClO. The van der Waals surface area contributed by atoms with E-state index in [0.717, 1.165) is 36.6 Å². The largest absolute Gasteiger partial charge is 0.494 e. The Morgan fingerprint density at radius 2 is 1.85 bits per heavy atom. The summed E-state index contributed by atoms with van der Waals surface area (Å²) in [7, 11) is 0. The lowest BCUT2D eigenvalue weighted by molar-refractivity contribution is 0.307. The van der Waals surface area contributed by atoms with Gasteiger partial charge in [0.2, 0.25) is 0 Å². The standard InChI is InChI=1S/C11H14ClO/c1-2-3-4-9-13-11-7-5-10(12)6-8-11/h5-8H,1-4,9H2. The van der Waals surface area contributed by atoms with E-state index in [1.54, 1.807) is 0 Å². The van der Waals surface area contributed by atoms with Crippen LogP contribution in [0, 0.1) is 6.92 Å². The highest BCUT2D eigenvalue weighted by Crippen LogP contribution is 2.15. The molecule has 1 aromatic rings. The van der Waals surface area contributed by atoms with E-state index in [1.807, 2.05) is 24.3 Å². The van der Waals surface area contributed by atoms with Gasteiger partial charge in [-0.15, -0.1) is 0 Å². The summed E-state index contributed by atoms with van der Waals surface area (Å²) in [5.74, 6) is 0.883. The van der Waals surface area contributed by atoms with Crippen molar-refractivity contribution >= 4 is 11.6 Å². The molecule has 0 aliphatic carbocycles. The normalized spacial score (nSPS) is 10.0. The Kier molecular flexibility index (Phi) is 4.69. The molecule has 13 heavy (non-hydrogen) atoms. The third-order valence-corrected chi connectivity index (χ3v) is 1.98. The lowest BCUT2D eigenvalue weighted by Gasteiger charge is -2.04. The van der Waals surface area contributed by atoms with Gasteiger partial charge in [0.15, 0.2) is 0 Å². The Balaban J connectivity index is 2.25. The SMILES string of the molecule is [CH2]CCCCOc1ccc(Cl)cc1. The quantitative estimate of drug-likeness (QED) is 0.654. The van der Waals surface area contributed by atoms with Gasteiger partial charge in [-0.05, 0) is 30.7 Å². The van der Waals surface area contributed by atoms with Crippen molar-refractivity contribution in [3.8, 4) is 5.75 Å². The molecule has 0 amide bonds. The maximum Gasteiger partial charge on any atom is 0.119 e. The van der Waals surface area contributed by atoms with E-state index < -0.39 is 0 Å². The molecule has 1 nitrogen and oxygen atoms in total. The van der Waals surface area contributed by atoms with Crippen LogP contribution in [-0.2, 0) is 0 Å². The molecule has 0 aliphatic heterocycles. The van der Waals surface area contributed by atoms with Crippen LogP contribution in [0.15, 0.2) is 24.3 Å². The summed E-state index contributed by atoms with van der Waals surface area (Å²) < 4.78 is 5.48. The van der Waals surface area contributed by atoms with Crippen molar-refractivity contribution in [2.45, 2.75) is 19.3 Å². The van der Waals surface area contributed by atoms with Crippen LogP contribution in [0.5, 0.6) is 5.75 Å². The van der Waals surface area contributed by atoms with Gasteiger partial charge < -0.3 is 4.74 Å². The Hall–Kier alpha value is -0.690. The second kappa shape index (κ2) is 5.87. The number of halogens is 1. The number of rotatable bonds is 5. The van der Waals surface area contributed by atoms with Crippen LogP contribution >= 0.6 is 11.6 Å². The zero-order chi connectivity index (χ0) is 9.52. The van der Waals surface area contributed by atoms with Crippen LogP contribution in [0.4, 0.5) is 0 Å². The van der Waals surface area contributed by atoms with Gasteiger partial charge in [-0.25, -0.2) is 0 Å². The second-order valence-corrected chi connectivity index (χ2v) is 3.30.